The van der Waals surface area contributed by atoms with Crippen molar-refractivity contribution in [2.24, 2.45) is 0 Å². The van der Waals surface area contributed by atoms with Crippen molar-refractivity contribution in [2.75, 3.05) is 19.7 Å². The highest BCUT2D eigenvalue weighted by Crippen LogP contribution is 2.35. The molecule has 18 heavy (non-hydrogen) atoms. The van der Waals surface area contributed by atoms with Gasteiger partial charge in [-0.3, -0.25) is 0 Å². The summed E-state index contributed by atoms with van der Waals surface area (Å²) in [5.74, 6) is 1.39. The molecule has 0 amide bonds. The summed E-state index contributed by atoms with van der Waals surface area (Å²) in [6.45, 7) is 4.62. The van der Waals surface area contributed by atoms with Crippen molar-refractivity contribution in [3.05, 3.63) is 18.1 Å². The van der Waals surface area contributed by atoms with Crippen LogP contribution in [0.15, 0.2) is 12.3 Å². The quantitative estimate of drug-likeness (QED) is 0.850. The number of ether oxygens (including phenoxy) is 2. The van der Waals surface area contributed by atoms with E-state index in [0.717, 1.165) is 38.2 Å². The molecule has 0 saturated carbocycles. The molecule has 3 heterocycles. The van der Waals surface area contributed by atoms with Gasteiger partial charge in [0, 0.05) is 18.7 Å². The maximum absolute atomic E-state index is 5.99. The molecule has 1 N–H and O–H groups in total. The number of hydrogen-bond donors (Lipinski definition) is 1. The average Bonchev–Trinajstić information content (AvgIpc) is 2.73. The molecule has 2 saturated heterocycles. The normalized spacial score (nSPS) is 26.4. The molecule has 5 nitrogen and oxygen atoms in total. The first-order valence-electron chi connectivity index (χ1n) is 6.57. The van der Waals surface area contributed by atoms with E-state index in [1.807, 2.05) is 6.92 Å². The molecular formula is C13H19N3O2. The van der Waals surface area contributed by atoms with E-state index in [0.29, 0.717) is 12.5 Å². The Hall–Kier alpha value is -1.20. The predicted molar refractivity (Wildman–Crippen MR) is 66.6 cm³/mol. The summed E-state index contributed by atoms with van der Waals surface area (Å²) in [6, 6.07) is 1.81. The van der Waals surface area contributed by atoms with Crippen molar-refractivity contribution in [3.8, 4) is 5.88 Å². The topological polar surface area (TPSA) is 56.3 Å². The second kappa shape index (κ2) is 4.82. The molecule has 0 bridgehead atoms. The molecule has 2 aliphatic heterocycles. The smallest absolute Gasteiger partial charge is 0.216 e. The van der Waals surface area contributed by atoms with Gasteiger partial charge in [0.25, 0.3) is 0 Å². The van der Waals surface area contributed by atoms with Crippen molar-refractivity contribution in [2.45, 2.75) is 37.9 Å². The number of hydrogen-bond acceptors (Lipinski definition) is 5. The van der Waals surface area contributed by atoms with Crippen LogP contribution in [0.1, 0.15) is 25.1 Å². The van der Waals surface area contributed by atoms with E-state index >= 15 is 0 Å². The zero-order valence-corrected chi connectivity index (χ0v) is 10.7. The molecule has 98 valence electrons. The lowest BCUT2D eigenvalue weighted by Gasteiger charge is -2.32. The van der Waals surface area contributed by atoms with Gasteiger partial charge in [-0.05, 0) is 32.9 Å². The van der Waals surface area contributed by atoms with Crippen molar-refractivity contribution in [3.63, 3.8) is 0 Å². The Bertz CT molecular complexity index is 418. The Morgan fingerprint density at radius 3 is 3.06 bits per heavy atom. The van der Waals surface area contributed by atoms with Crippen LogP contribution in [0.3, 0.4) is 0 Å². The van der Waals surface area contributed by atoms with Crippen LogP contribution in [-0.2, 0) is 4.74 Å². The first-order valence-corrected chi connectivity index (χ1v) is 6.57. The maximum Gasteiger partial charge on any atom is 0.216 e. The number of aromatic nitrogens is 2. The van der Waals surface area contributed by atoms with Crippen LogP contribution >= 0.6 is 0 Å². The minimum Gasteiger partial charge on any atom is -0.472 e. The first-order chi connectivity index (χ1) is 8.76. The molecule has 2 aliphatic rings. The minimum atomic E-state index is 0.0397. The third kappa shape index (κ3) is 2.47. The first kappa shape index (κ1) is 11.9. The number of nitrogens with zero attached hydrogens (tertiary/aromatic N) is 2. The van der Waals surface area contributed by atoms with Crippen LogP contribution in [0, 0.1) is 6.92 Å². The molecule has 5 heteroatoms. The van der Waals surface area contributed by atoms with Crippen LogP contribution in [0.5, 0.6) is 5.88 Å². The van der Waals surface area contributed by atoms with E-state index in [1.54, 1.807) is 12.3 Å². The summed E-state index contributed by atoms with van der Waals surface area (Å²) in [6.07, 6.45) is 4.98. The summed E-state index contributed by atoms with van der Waals surface area (Å²) in [4.78, 5) is 8.34. The lowest BCUT2D eigenvalue weighted by molar-refractivity contribution is -0.0205. The number of aryl methyl sites for hydroxylation is 1. The fourth-order valence-electron chi connectivity index (χ4n) is 2.78. The third-order valence-corrected chi connectivity index (χ3v) is 3.73. The second-order valence-electron chi connectivity index (χ2n) is 5.13. The van der Waals surface area contributed by atoms with Gasteiger partial charge in [0.1, 0.15) is 11.9 Å². The summed E-state index contributed by atoms with van der Waals surface area (Å²) >= 11 is 0. The van der Waals surface area contributed by atoms with Crippen LogP contribution in [0.4, 0.5) is 0 Å². The Morgan fingerprint density at radius 1 is 1.44 bits per heavy atom. The van der Waals surface area contributed by atoms with Crippen LogP contribution < -0.4 is 10.1 Å². The highest BCUT2D eigenvalue weighted by Gasteiger charge is 2.42. The van der Waals surface area contributed by atoms with Gasteiger partial charge < -0.3 is 14.8 Å². The molecule has 3 rings (SSSR count). The monoisotopic (exact) mass is 249 g/mol. The summed E-state index contributed by atoms with van der Waals surface area (Å²) in [5.41, 5.74) is 0.0397. The number of nitrogens with one attached hydrogen (secondary N) is 1. The molecule has 1 spiro atoms. The molecule has 1 unspecified atom stereocenters. The SMILES string of the molecule is Cc1nccc(OC2COC3(CCNCC3)C2)n1. The van der Waals surface area contributed by atoms with Crippen LogP contribution in [-0.4, -0.2) is 41.4 Å². The highest BCUT2D eigenvalue weighted by atomic mass is 16.6. The summed E-state index contributed by atoms with van der Waals surface area (Å²) < 4.78 is 11.9. The Kier molecular flexibility index (Phi) is 3.18. The van der Waals surface area contributed by atoms with E-state index in [1.165, 1.54) is 0 Å². The average molecular weight is 249 g/mol. The Labute approximate surface area is 107 Å². The van der Waals surface area contributed by atoms with Gasteiger partial charge in [-0.2, -0.15) is 4.98 Å². The largest absolute Gasteiger partial charge is 0.472 e. The summed E-state index contributed by atoms with van der Waals surface area (Å²) in [7, 11) is 0. The number of rotatable bonds is 2. The number of piperidine rings is 1. The van der Waals surface area contributed by atoms with E-state index in [-0.39, 0.29) is 11.7 Å². The van der Waals surface area contributed by atoms with E-state index in [4.69, 9.17) is 9.47 Å². The highest BCUT2D eigenvalue weighted by molar-refractivity contribution is 5.09. The fraction of sp³-hybridized carbons (Fsp3) is 0.692. The van der Waals surface area contributed by atoms with Crippen LogP contribution in [0.2, 0.25) is 0 Å². The minimum absolute atomic E-state index is 0.0397. The Morgan fingerprint density at radius 2 is 2.28 bits per heavy atom. The molecule has 2 fully saturated rings. The maximum atomic E-state index is 5.99. The van der Waals surface area contributed by atoms with Crippen molar-refractivity contribution >= 4 is 0 Å². The summed E-state index contributed by atoms with van der Waals surface area (Å²) in [5, 5.41) is 3.37. The van der Waals surface area contributed by atoms with Gasteiger partial charge in [0.2, 0.25) is 5.88 Å². The third-order valence-electron chi connectivity index (χ3n) is 3.73. The van der Waals surface area contributed by atoms with Crippen LogP contribution in [0.25, 0.3) is 0 Å². The van der Waals surface area contributed by atoms with Gasteiger partial charge in [-0.15, -0.1) is 0 Å². The lowest BCUT2D eigenvalue weighted by atomic mass is 9.89. The van der Waals surface area contributed by atoms with Crippen molar-refractivity contribution in [1.29, 1.82) is 0 Å². The van der Waals surface area contributed by atoms with Gasteiger partial charge >= 0.3 is 0 Å². The zero-order chi connectivity index (χ0) is 12.4. The van der Waals surface area contributed by atoms with Crippen molar-refractivity contribution in [1.82, 2.24) is 15.3 Å². The zero-order valence-electron chi connectivity index (χ0n) is 10.7. The molecule has 0 radical (unpaired) electrons. The predicted octanol–water partition coefficient (Wildman–Crippen LogP) is 1.07. The lowest BCUT2D eigenvalue weighted by Crippen LogP contribution is -2.41. The van der Waals surface area contributed by atoms with Gasteiger partial charge in [-0.1, -0.05) is 0 Å². The van der Waals surface area contributed by atoms with E-state index < -0.39 is 0 Å². The van der Waals surface area contributed by atoms with E-state index in [2.05, 4.69) is 15.3 Å². The molecule has 0 aromatic carbocycles. The van der Waals surface area contributed by atoms with Gasteiger partial charge in [0.05, 0.1) is 12.2 Å². The Balaban J connectivity index is 1.62. The second-order valence-corrected chi connectivity index (χ2v) is 5.13. The molecule has 1 atom stereocenters. The standard InChI is InChI=1S/C13H19N3O2/c1-10-15-5-2-12(16-10)18-11-8-13(17-9-11)3-6-14-7-4-13/h2,5,11,14H,3-4,6-9H2,1H3. The molecule has 1 aromatic rings. The van der Waals surface area contributed by atoms with Gasteiger partial charge in [-0.25, -0.2) is 4.98 Å². The molecule has 1 aromatic heterocycles. The molecule has 0 aliphatic carbocycles. The van der Waals surface area contributed by atoms with Gasteiger partial charge in [0.15, 0.2) is 0 Å². The van der Waals surface area contributed by atoms with E-state index in [9.17, 15) is 0 Å². The fourth-order valence-corrected chi connectivity index (χ4v) is 2.78. The van der Waals surface area contributed by atoms with Crippen molar-refractivity contribution < 1.29 is 9.47 Å². The molecular weight excluding hydrogens is 230 g/mol.